The summed E-state index contributed by atoms with van der Waals surface area (Å²) in [6.07, 6.45) is -0.504. The van der Waals surface area contributed by atoms with E-state index >= 15 is 0 Å². The average Bonchev–Trinajstić information content (AvgIpc) is 2.32. The minimum absolute atomic E-state index is 0.0528. The molecule has 1 aromatic rings. The number of anilines is 1. The van der Waals surface area contributed by atoms with Crippen molar-refractivity contribution in [1.82, 2.24) is 5.32 Å². The minimum atomic E-state index is -0.504. The number of carbonyl (C=O) groups excluding carboxylic acids is 1. The first-order valence-electron chi connectivity index (χ1n) is 6.02. The number of amides is 1. The highest BCUT2D eigenvalue weighted by Gasteiger charge is 2.25. The second-order valence-electron chi connectivity index (χ2n) is 4.54. The third kappa shape index (κ3) is 2.52. The van der Waals surface area contributed by atoms with Gasteiger partial charge in [-0.3, -0.25) is 4.79 Å². The quantitative estimate of drug-likeness (QED) is 0.876. The van der Waals surface area contributed by atoms with Crippen LogP contribution in [0.3, 0.4) is 0 Å². The van der Waals surface area contributed by atoms with Crippen molar-refractivity contribution in [1.29, 1.82) is 0 Å². The molecule has 1 fully saturated rings. The van der Waals surface area contributed by atoms with E-state index in [-0.39, 0.29) is 11.9 Å². The highest BCUT2D eigenvalue weighted by molar-refractivity contribution is 9.10. The molecule has 1 unspecified atom stereocenters. The molecule has 0 aromatic heterocycles. The van der Waals surface area contributed by atoms with E-state index in [1.165, 1.54) is 0 Å². The fourth-order valence-corrected chi connectivity index (χ4v) is 2.87. The number of piperazine rings is 1. The second kappa shape index (κ2) is 5.28. The van der Waals surface area contributed by atoms with Gasteiger partial charge in [-0.15, -0.1) is 0 Å². The highest BCUT2D eigenvalue weighted by Crippen LogP contribution is 2.29. The van der Waals surface area contributed by atoms with Crippen LogP contribution >= 0.6 is 15.9 Å². The molecule has 98 valence electrons. The Bertz CT molecular complexity index is 462. The van der Waals surface area contributed by atoms with Crippen LogP contribution in [-0.2, 0) is 4.79 Å². The smallest absolute Gasteiger partial charge is 0.242 e. The van der Waals surface area contributed by atoms with Gasteiger partial charge in [-0.2, -0.15) is 0 Å². The lowest BCUT2D eigenvalue weighted by molar-refractivity contribution is -0.122. The first-order valence-corrected chi connectivity index (χ1v) is 6.82. The molecule has 1 amide bonds. The number of carbonyl (C=O) groups is 1. The van der Waals surface area contributed by atoms with E-state index in [1.54, 1.807) is 6.92 Å². The van der Waals surface area contributed by atoms with Crippen molar-refractivity contribution >= 4 is 27.5 Å². The maximum atomic E-state index is 11.6. The number of hydrogen-bond donors (Lipinski definition) is 2. The van der Waals surface area contributed by atoms with Crippen LogP contribution in [-0.4, -0.2) is 30.1 Å². The van der Waals surface area contributed by atoms with Gasteiger partial charge in [-0.25, -0.2) is 0 Å². The van der Waals surface area contributed by atoms with Crippen LogP contribution < -0.4 is 10.2 Å². The maximum Gasteiger partial charge on any atom is 0.242 e. The van der Waals surface area contributed by atoms with E-state index in [4.69, 9.17) is 0 Å². The van der Waals surface area contributed by atoms with Crippen LogP contribution in [0.4, 0.5) is 5.69 Å². The lowest BCUT2D eigenvalue weighted by Crippen LogP contribution is -2.54. The molecule has 18 heavy (non-hydrogen) atoms. The Morgan fingerprint density at radius 2 is 2.28 bits per heavy atom. The van der Waals surface area contributed by atoms with Gasteiger partial charge >= 0.3 is 0 Å². The zero-order chi connectivity index (χ0) is 13.3. The van der Waals surface area contributed by atoms with Crippen LogP contribution in [0.2, 0.25) is 0 Å². The molecule has 1 saturated heterocycles. The predicted octanol–water partition coefficient (Wildman–Crippen LogP) is 1.83. The second-order valence-corrected chi connectivity index (χ2v) is 5.40. The summed E-state index contributed by atoms with van der Waals surface area (Å²) in [6.45, 7) is 5.09. The molecule has 1 aromatic carbocycles. The van der Waals surface area contributed by atoms with Gasteiger partial charge in [0.05, 0.1) is 6.10 Å². The van der Waals surface area contributed by atoms with Gasteiger partial charge in [0.1, 0.15) is 6.04 Å². The highest BCUT2D eigenvalue weighted by atomic mass is 79.9. The molecule has 0 saturated carbocycles. The largest absolute Gasteiger partial charge is 0.389 e. The van der Waals surface area contributed by atoms with Gasteiger partial charge in [-0.05, 0) is 31.5 Å². The molecule has 1 heterocycles. The number of aliphatic hydroxyl groups is 1. The maximum absolute atomic E-state index is 11.6. The molecule has 0 spiro atoms. The number of rotatable bonds is 2. The number of nitrogens with zero attached hydrogens (tertiary/aromatic N) is 1. The topological polar surface area (TPSA) is 52.6 Å². The summed E-state index contributed by atoms with van der Waals surface area (Å²) in [4.78, 5) is 13.7. The van der Waals surface area contributed by atoms with Gasteiger partial charge < -0.3 is 15.3 Å². The summed E-state index contributed by atoms with van der Waals surface area (Å²) < 4.78 is 0.869. The van der Waals surface area contributed by atoms with E-state index in [0.29, 0.717) is 6.54 Å². The lowest BCUT2D eigenvalue weighted by Gasteiger charge is -2.35. The zero-order valence-electron chi connectivity index (χ0n) is 10.5. The van der Waals surface area contributed by atoms with Crippen molar-refractivity contribution in [2.24, 2.45) is 0 Å². The number of hydrogen-bond acceptors (Lipinski definition) is 3. The normalized spacial score (nSPS) is 21.7. The molecule has 4 nitrogen and oxygen atoms in total. The molecule has 0 aliphatic carbocycles. The van der Waals surface area contributed by atoms with E-state index in [9.17, 15) is 9.90 Å². The summed E-state index contributed by atoms with van der Waals surface area (Å²) in [5.41, 5.74) is 1.85. The van der Waals surface area contributed by atoms with Gasteiger partial charge in [0.15, 0.2) is 0 Å². The third-order valence-corrected chi connectivity index (χ3v) is 3.95. The first-order chi connectivity index (χ1) is 8.50. The average molecular weight is 313 g/mol. The Morgan fingerprint density at radius 1 is 1.56 bits per heavy atom. The van der Waals surface area contributed by atoms with Crippen LogP contribution in [0.25, 0.3) is 0 Å². The Labute approximate surface area is 115 Å². The molecule has 2 atom stereocenters. The van der Waals surface area contributed by atoms with Crippen LogP contribution in [0.15, 0.2) is 22.7 Å². The zero-order valence-corrected chi connectivity index (χ0v) is 12.1. The summed E-state index contributed by atoms with van der Waals surface area (Å²) in [5, 5.41) is 12.4. The first kappa shape index (κ1) is 13.4. The summed E-state index contributed by atoms with van der Waals surface area (Å²) in [5.74, 6) is 0.0528. The molecular formula is C13H17BrN2O2. The molecule has 5 heteroatoms. The van der Waals surface area contributed by atoms with E-state index < -0.39 is 6.10 Å². The predicted molar refractivity (Wildman–Crippen MR) is 74.6 cm³/mol. The van der Waals surface area contributed by atoms with Gasteiger partial charge in [0.2, 0.25) is 5.91 Å². The molecule has 0 bridgehead atoms. The fraction of sp³-hybridized carbons (Fsp3) is 0.462. The summed E-state index contributed by atoms with van der Waals surface area (Å²) in [7, 11) is 0. The van der Waals surface area contributed by atoms with Gasteiger partial charge in [-0.1, -0.05) is 22.0 Å². The van der Waals surface area contributed by atoms with Crippen LogP contribution in [0, 0.1) is 0 Å². The fourth-order valence-electron chi connectivity index (χ4n) is 2.17. The van der Waals surface area contributed by atoms with Crippen molar-refractivity contribution < 1.29 is 9.90 Å². The van der Waals surface area contributed by atoms with E-state index in [2.05, 4.69) is 26.1 Å². The standard InChI is InChI=1S/C13H17BrN2O2/c1-8-13(18)15-5-6-16(8)10-3-4-11(9(2)17)12(14)7-10/h3-4,7-9,17H,5-6H2,1-2H3,(H,15,18)/t8?,9-/m0/s1. The Kier molecular flexibility index (Phi) is 3.92. The number of nitrogens with one attached hydrogen (secondary N) is 1. The minimum Gasteiger partial charge on any atom is -0.389 e. The van der Waals surface area contributed by atoms with Crippen molar-refractivity contribution in [3.8, 4) is 0 Å². The van der Waals surface area contributed by atoms with Crippen molar-refractivity contribution in [2.45, 2.75) is 26.0 Å². The number of halogens is 1. The molecular weight excluding hydrogens is 296 g/mol. The van der Waals surface area contributed by atoms with Gasteiger partial charge in [0.25, 0.3) is 0 Å². The molecule has 2 N–H and O–H groups in total. The van der Waals surface area contributed by atoms with Crippen molar-refractivity contribution in [3.05, 3.63) is 28.2 Å². The monoisotopic (exact) mass is 312 g/mol. The molecule has 0 radical (unpaired) electrons. The third-order valence-electron chi connectivity index (χ3n) is 3.26. The SMILES string of the molecule is CC1C(=O)NCCN1c1ccc([C@H](C)O)c(Br)c1. The Balaban J connectivity index is 2.28. The molecule has 1 aliphatic heterocycles. The molecule has 2 rings (SSSR count). The Morgan fingerprint density at radius 3 is 2.89 bits per heavy atom. The van der Waals surface area contributed by atoms with Crippen molar-refractivity contribution in [3.63, 3.8) is 0 Å². The van der Waals surface area contributed by atoms with Crippen LogP contribution in [0.1, 0.15) is 25.5 Å². The summed E-state index contributed by atoms with van der Waals surface area (Å²) in [6, 6.07) is 5.63. The number of benzene rings is 1. The van der Waals surface area contributed by atoms with Crippen molar-refractivity contribution in [2.75, 3.05) is 18.0 Å². The van der Waals surface area contributed by atoms with Gasteiger partial charge in [0, 0.05) is 23.2 Å². The van der Waals surface area contributed by atoms with E-state index in [1.807, 2.05) is 25.1 Å². The van der Waals surface area contributed by atoms with Crippen LogP contribution in [0.5, 0.6) is 0 Å². The Hall–Kier alpha value is -1.07. The summed E-state index contributed by atoms with van der Waals surface area (Å²) >= 11 is 3.46. The molecule has 1 aliphatic rings. The lowest BCUT2D eigenvalue weighted by atomic mass is 10.1. The number of aliphatic hydroxyl groups excluding tert-OH is 1. The van der Waals surface area contributed by atoms with E-state index in [0.717, 1.165) is 22.3 Å².